The highest BCUT2D eigenvalue weighted by molar-refractivity contribution is 5.85. The molecule has 1 amide bonds. The molecule has 5 nitrogen and oxygen atoms in total. The first-order valence-electron chi connectivity index (χ1n) is 11.2. The Bertz CT molecular complexity index is 1040. The highest BCUT2D eigenvalue weighted by atomic mass is 16.5. The summed E-state index contributed by atoms with van der Waals surface area (Å²) in [6.07, 6.45) is 5.59. The quantitative estimate of drug-likeness (QED) is 0.615. The van der Waals surface area contributed by atoms with Crippen molar-refractivity contribution in [3.8, 4) is 5.75 Å². The van der Waals surface area contributed by atoms with Crippen LogP contribution in [0.15, 0.2) is 71.8 Å². The number of hydrogen-bond acceptors (Lipinski definition) is 3. The van der Waals surface area contributed by atoms with Gasteiger partial charge in [-0.3, -0.25) is 4.79 Å². The van der Waals surface area contributed by atoms with E-state index in [4.69, 9.17) is 4.74 Å². The van der Waals surface area contributed by atoms with Gasteiger partial charge in [-0.1, -0.05) is 54.1 Å². The fourth-order valence-electron chi connectivity index (χ4n) is 4.46. The third-order valence-corrected chi connectivity index (χ3v) is 6.26. The molecule has 166 valence electrons. The molecular formula is C27H29NO4. The molecule has 1 unspecified atom stereocenters. The lowest BCUT2D eigenvalue weighted by Gasteiger charge is -2.24. The summed E-state index contributed by atoms with van der Waals surface area (Å²) in [5.41, 5.74) is 6.23. The van der Waals surface area contributed by atoms with Gasteiger partial charge in [0.1, 0.15) is 11.8 Å². The van der Waals surface area contributed by atoms with Crippen molar-refractivity contribution in [2.45, 2.75) is 45.1 Å². The molecule has 1 aliphatic carbocycles. The van der Waals surface area contributed by atoms with Crippen LogP contribution in [0.5, 0.6) is 5.75 Å². The number of carboxylic acids is 1. The van der Waals surface area contributed by atoms with E-state index in [0.29, 0.717) is 26.0 Å². The van der Waals surface area contributed by atoms with Crippen LogP contribution < -0.4 is 4.74 Å². The normalized spacial score (nSPS) is 17.0. The van der Waals surface area contributed by atoms with E-state index < -0.39 is 12.0 Å². The molecule has 0 saturated carbocycles. The highest BCUT2D eigenvalue weighted by Gasteiger charge is 2.32. The van der Waals surface area contributed by atoms with Crippen molar-refractivity contribution < 1.29 is 19.4 Å². The number of likely N-dealkylation sites (tertiary alicyclic amines) is 1. The Balaban J connectivity index is 1.30. The van der Waals surface area contributed by atoms with Gasteiger partial charge in [-0.15, -0.1) is 0 Å². The molecule has 1 atom stereocenters. The molecule has 5 heteroatoms. The van der Waals surface area contributed by atoms with Gasteiger partial charge in [0.15, 0.2) is 0 Å². The van der Waals surface area contributed by atoms with Gasteiger partial charge in [-0.05, 0) is 54.2 Å². The van der Waals surface area contributed by atoms with Gasteiger partial charge >= 0.3 is 5.97 Å². The number of carboxylic acid groups (broad SMARTS) is 1. The van der Waals surface area contributed by atoms with Gasteiger partial charge in [-0.25, -0.2) is 4.79 Å². The van der Waals surface area contributed by atoms with Gasteiger partial charge in [0.25, 0.3) is 0 Å². The SMILES string of the molecule is CC1=C(CCOc2ccc(CC(C(=O)O)N3CCCC3=O)cc2)C=C(c2ccccc2)C1. The van der Waals surface area contributed by atoms with Crippen LogP contribution in [0.3, 0.4) is 0 Å². The minimum absolute atomic E-state index is 0.0710. The van der Waals surface area contributed by atoms with Crippen LogP contribution in [0.25, 0.3) is 5.57 Å². The van der Waals surface area contributed by atoms with Crippen molar-refractivity contribution in [1.82, 2.24) is 4.90 Å². The largest absolute Gasteiger partial charge is 0.493 e. The van der Waals surface area contributed by atoms with E-state index in [0.717, 1.165) is 30.6 Å². The average molecular weight is 432 g/mol. The standard InChI is InChI=1S/C27H29NO4/c1-19-16-23(21-6-3-2-4-7-21)18-22(19)13-15-32-24-11-9-20(10-12-24)17-25(27(30)31)28-14-5-8-26(28)29/h2-4,6-7,9-12,18,25H,5,8,13-17H2,1H3,(H,30,31). The van der Waals surface area contributed by atoms with Crippen LogP contribution in [0.4, 0.5) is 0 Å². The summed E-state index contributed by atoms with van der Waals surface area (Å²) in [6.45, 7) is 3.29. The molecule has 0 bridgehead atoms. The number of amides is 1. The Labute approximate surface area is 189 Å². The van der Waals surface area contributed by atoms with Crippen LogP contribution >= 0.6 is 0 Å². The fourth-order valence-corrected chi connectivity index (χ4v) is 4.46. The molecule has 2 aromatic rings. The maximum absolute atomic E-state index is 12.0. The summed E-state index contributed by atoms with van der Waals surface area (Å²) in [7, 11) is 0. The highest BCUT2D eigenvalue weighted by Crippen LogP contribution is 2.33. The van der Waals surface area contributed by atoms with Gasteiger partial charge in [0.05, 0.1) is 6.61 Å². The van der Waals surface area contributed by atoms with Crippen molar-refractivity contribution in [2.24, 2.45) is 0 Å². The molecule has 1 heterocycles. The molecule has 1 saturated heterocycles. The second-order valence-electron chi connectivity index (χ2n) is 8.51. The Morgan fingerprint density at radius 2 is 1.88 bits per heavy atom. The number of aliphatic carboxylic acids is 1. The van der Waals surface area contributed by atoms with E-state index >= 15 is 0 Å². The van der Waals surface area contributed by atoms with Gasteiger partial charge in [0, 0.05) is 25.8 Å². The first kappa shape index (κ1) is 21.9. The minimum Gasteiger partial charge on any atom is -0.493 e. The summed E-state index contributed by atoms with van der Waals surface area (Å²) in [4.78, 5) is 25.1. The summed E-state index contributed by atoms with van der Waals surface area (Å²) < 4.78 is 5.94. The molecule has 0 spiro atoms. The third kappa shape index (κ3) is 5.10. The van der Waals surface area contributed by atoms with E-state index in [-0.39, 0.29) is 5.91 Å². The number of carbonyl (C=O) groups excluding carboxylic acids is 1. The lowest BCUT2D eigenvalue weighted by Crippen LogP contribution is -2.43. The second-order valence-corrected chi connectivity index (χ2v) is 8.51. The molecule has 0 radical (unpaired) electrons. The molecule has 1 aliphatic heterocycles. The molecule has 0 aromatic heterocycles. The first-order valence-corrected chi connectivity index (χ1v) is 11.2. The molecular weight excluding hydrogens is 402 g/mol. The van der Waals surface area contributed by atoms with Crippen LogP contribution in [-0.2, 0) is 16.0 Å². The molecule has 1 N–H and O–H groups in total. The van der Waals surface area contributed by atoms with Gasteiger partial charge in [-0.2, -0.15) is 0 Å². The van der Waals surface area contributed by atoms with Crippen molar-refractivity contribution >= 4 is 17.4 Å². The Kier molecular flexibility index (Phi) is 6.74. The number of hydrogen-bond donors (Lipinski definition) is 1. The van der Waals surface area contributed by atoms with E-state index in [1.807, 2.05) is 30.3 Å². The van der Waals surface area contributed by atoms with E-state index in [2.05, 4.69) is 37.3 Å². The first-order chi connectivity index (χ1) is 15.5. The van der Waals surface area contributed by atoms with E-state index in [1.54, 1.807) is 0 Å². The van der Waals surface area contributed by atoms with Crippen molar-refractivity contribution in [3.63, 3.8) is 0 Å². The summed E-state index contributed by atoms with van der Waals surface area (Å²) in [6, 6.07) is 17.2. The van der Waals surface area contributed by atoms with Crippen molar-refractivity contribution in [2.75, 3.05) is 13.2 Å². The predicted octanol–water partition coefficient (Wildman–Crippen LogP) is 4.88. The molecule has 4 rings (SSSR count). The minimum atomic E-state index is -0.955. The summed E-state index contributed by atoms with van der Waals surface area (Å²) in [5, 5.41) is 9.57. The van der Waals surface area contributed by atoms with Crippen molar-refractivity contribution in [1.29, 1.82) is 0 Å². The number of allylic oxidation sites excluding steroid dienone is 3. The number of nitrogens with zero attached hydrogens (tertiary/aromatic N) is 1. The van der Waals surface area contributed by atoms with Crippen LogP contribution in [-0.4, -0.2) is 41.1 Å². The summed E-state index contributed by atoms with van der Waals surface area (Å²) >= 11 is 0. The zero-order valence-electron chi connectivity index (χ0n) is 18.4. The Morgan fingerprint density at radius 1 is 1.12 bits per heavy atom. The van der Waals surface area contributed by atoms with Crippen molar-refractivity contribution in [3.05, 3.63) is 82.9 Å². The van der Waals surface area contributed by atoms with Crippen LogP contribution in [0, 0.1) is 0 Å². The Hall–Kier alpha value is -3.34. The smallest absolute Gasteiger partial charge is 0.326 e. The lowest BCUT2D eigenvalue weighted by atomic mass is 10.0. The zero-order chi connectivity index (χ0) is 22.5. The lowest BCUT2D eigenvalue weighted by molar-refractivity contribution is -0.148. The number of benzene rings is 2. The maximum Gasteiger partial charge on any atom is 0.326 e. The molecule has 2 aliphatic rings. The zero-order valence-corrected chi connectivity index (χ0v) is 18.4. The topological polar surface area (TPSA) is 66.8 Å². The number of carbonyl (C=O) groups is 2. The van der Waals surface area contributed by atoms with E-state index in [1.165, 1.54) is 27.2 Å². The summed E-state index contributed by atoms with van der Waals surface area (Å²) in [5.74, 6) is -0.261. The van der Waals surface area contributed by atoms with E-state index in [9.17, 15) is 14.7 Å². The maximum atomic E-state index is 12.0. The van der Waals surface area contributed by atoms with Crippen LogP contribution in [0.2, 0.25) is 0 Å². The molecule has 1 fully saturated rings. The molecule has 2 aromatic carbocycles. The number of rotatable bonds is 9. The number of ether oxygens (including phenoxy) is 1. The fraction of sp³-hybridized carbons (Fsp3) is 0.333. The predicted molar refractivity (Wildman–Crippen MR) is 124 cm³/mol. The van der Waals surface area contributed by atoms with Gasteiger partial charge < -0.3 is 14.7 Å². The van der Waals surface area contributed by atoms with Crippen LogP contribution in [0.1, 0.15) is 43.7 Å². The second kappa shape index (κ2) is 9.86. The van der Waals surface area contributed by atoms with Gasteiger partial charge in [0.2, 0.25) is 5.91 Å². The average Bonchev–Trinajstić information content (AvgIpc) is 3.39. The Morgan fingerprint density at radius 3 is 2.53 bits per heavy atom. The monoisotopic (exact) mass is 431 g/mol. The third-order valence-electron chi connectivity index (χ3n) is 6.26. The molecule has 32 heavy (non-hydrogen) atoms.